The minimum absolute atomic E-state index is 0.575. The number of anilines is 1. The summed E-state index contributed by atoms with van der Waals surface area (Å²) in [7, 11) is 1.60. The van der Waals surface area contributed by atoms with Gasteiger partial charge in [-0.05, 0) is 0 Å². The molecule has 0 saturated carbocycles. The van der Waals surface area contributed by atoms with Crippen molar-refractivity contribution in [1.29, 1.82) is 0 Å². The SMILES string of the molecule is COc1ccnc(-c2ccccc2)c1N. The van der Waals surface area contributed by atoms with Crippen LogP contribution in [-0.4, -0.2) is 12.1 Å². The van der Waals surface area contributed by atoms with Gasteiger partial charge in [0.25, 0.3) is 0 Å². The summed E-state index contributed by atoms with van der Waals surface area (Å²) in [5.41, 5.74) is 8.27. The van der Waals surface area contributed by atoms with E-state index in [1.54, 1.807) is 19.4 Å². The quantitative estimate of drug-likeness (QED) is 0.809. The second kappa shape index (κ2) is 4.00. The molecule has 0 amide bonds. The zero-order valence-corrected chi connectivity index (χ0v) is 8.47. The summed E-state index contributed by atoms with van der Waals surface area (Å²) in [6.07, 6.45) is 1.69. The van der Waals surface area contributed by atoms with E-state index in [9.17, 15) is 0 Å². The molecule has 3 heteroatoms. The van der Waals surface area contributed by atoms with Gasteiger partial charge >= 0.3 is 0 Å². The Balaban J connectivity index is 2.54. The monoisotopic (exact) mass is 200 g/mol. The summed E-state index contributed by atoms with van der Waals surface area (Å²) >= 11 is 0. The lowest BCUT2D eigenvalue weighted by Gasteiger charge is -2.08. The van der Waals surface area contributed by atoms with E-state index in [-0.39, 0.29) is 0 Å². The van der Waals surface area contributed by atoms with Crippen molar-refractivity contribution in [3.63, 3.8) is 0 Å². The number of hydrogen-bond donors (Lipinski definition) is 1. The number of ether oxygens (including phenoxy) is 1. The number of rotatable bonds is 2. The van der Waals surface area contributed by atoms with Gasteiger partial charge in [0.1, 0.15) is 11.4 Å². The van der Waals surface area contributed by atoms with Crippen LogP contribution in [0.15, 0.2) is 42.6 Å². The Morgan fingerprint density at radius 1 is 1.13 bits per heavy atom. The van der Waals surface area contributed by atoms with Crippen LogP contribution in [0.5, 0.6) is 5.75 Å². The van der Waals surface area contributed by atoms with E-state index in [0.717, 1.165) is 11.3 Å². The number of hydrogen-bond acceptors (Lipinski definition) is 3. The first kappa shape index (κ1) is 9.52. The molecule has 1 aromatic heterocycles. The van der Waals surface area contributed by atoms with Gasteiger partial charge in [0, 0.05) is 17.8 Å². The minimum atomic E-state index is 0.575. The van der Waals surface area contributed by atoms with Gasteiger partial charge in [-0.15, -0.1) is 0 Å². The van der Waals surface area contributed by atoms with Crippen LogP contribution in [0.2, 0.25) is 0 Å². The molecule has 1 heterocycles. The zero-order valence-electron chi connectivity index (χ0n) is 8.47. The molecule has 0 aliphatic carbocycles. The second-order valence-corrected chi connectivity index (χ2v) is 3.14. The first-order valence-corrected chi connectivity index (χ1v) is 4.67. The van der Waals surface area contributed by atoms with Gasteiger partial charge < -0.3 is 10.5 Å². The summed E-state index contributed by atoms with van der Waals surface area (Å²) in [4.78, 5) is 4.25. The van der Waals surface area contributed by atoms with Crippen molar-refractivity contribution in [3.05, 3.63) is 42.6 Å². The Morgan fingerprint density at radius 2 is 1.87 bits per heavy atom. The molecule has 0 bridgehead atoms. The van der Waals surface area contributed by atoms with E-state index < -0.39 is 0 Å². The molecule has 0 aliphatic heterocycles. The molecule has 0 radical (unpaired) electrons. The Kier molecular flexibility index (Phi) is 2.54. The molecule has 0 saturated heterocycles. The highest BCUT2D eigenvalue weighted by atomic mass is 16.5. The number of benzene rings is 1. The van der Waals surface area contributed by atoms with Gasteiger partial charge in [-0.1, -0.05) is 30.3 Å². The van der Waals surface area contributed by atoms with E-state index in [1.165, 1.54) is 0 Å². The Morgan fingerprint density at radius 3 is 2.53 bits per heavy atom. The average molecular weight is 200 g/mol. The highest BCUT2D eigenvalue weighted by Crippen LogP contribution is 2.30. The van der Waals surface area contributed by atoms with Crippen LogP contribution in [0.1, 0.15) is 0 Å². The topological polar surface area (TPSA) is 48.1 Å². The number of nitrogens with zero attached hydrogens (tertiary/aromatic N) is 1. The fourth-order valence-corrected chi connectivity index (χ4v) is 1.46. The molecule has 2 rings (SSSR count). The van der Waals surface area contributed by atoms with Crippen LogP contribution in [-0.2, 0) is 0 Å². The molecular formula is C12H12N2O. The Bertz CT molecular complexity index is 454. The van der Waals surface area contributed by atoms with Crippen molar-refractivity contribution < 1.29 is 4.74 Å². The molecule has 0 atom stereocenters. The normalized spacial score (nSPS) is 9.93. The highest BCUT2D eigenvalue weighted by Gasteiger charge is 2.07. The number of pyridine rings is 1. The van der Waals surface area contributed by atoms with E-state index in [2.05, 4.69) is 4.98 Å². The van der Waals surface area contributed by atoms with E-state index in [1.807, 2.05) is 30.3 Å². The standard InChI is InChI=1S/C12H12N2O/c1-15-10-7-8-14-12(11(10)13)9-5-3-2-4-6-9/h2-8H,13H2,1H3. The number of nitrogens with two attached hydrogens (primary N) is 1. The Labute approximate surface area is 88.5 Å². The molecule has 0 spiro atoms. The maximum atomic E-state index is 5.94. The van der Waals surface area contributed by atoms with Crippen molar-refractivity contribution in [3.8, 4) is 17.0 Å². The second-order valence-electron chi connectivity index (χ2n) is 3.14. The number of nitrogen functional groups attached to an aromatic ring is 1. The van der Waals surface area contributed by atoms with Gasteiger partial charge in [0.15, 0.2) is 0 Å². The molecule has 76 valence electrons. The molecule has 0 aliphatic rings. The molecule has 15 heavy (non-hydrogen) atoms. The lowest BCUT2D eigenvalue weighted by atomic mass is 10.1. The number of aromatic nitrogens is 1. The predicted molar refractivity (Wildman–Crippen MR) is 60.6 cm³/mol. The summed E-state index contributed by atoms with van der Waals surface area (Å²) < 4.78 is 5.14. The van der Waals surface area contributed by atoms with Crippen molar-refractivity contribution in [2.45, 2.75) is 0 Å². The summed E-state index contributed by atoms with van der Waals surface area (Å²) in [5, 5.41) is 0. The molecule has 1 aromatic carbocycles. The van der Waals surface area contributed by atoms with Gasteiger partial charge in [-0.2, -0.15) is 0 Å². The third-order valence-corrected chi connectivity index (χ3v) is 2.22. The van der Waals surface area contributed by atoms with Crippen molar-refractivity contribution in [2.75, 3.05) is 12.8 Å². The first-order valence-electron chi connectivity index (χ1n) is 4.67. The lowest BCUT2D eigenvalue weighted by Crippen LogP contribution is -1.97. The fourth-order valence-electron chi connectivity index (χ4n) is 1.46. The van der Waals surface area contributed by atoms with Crippen LogP contribution in [0, 0.1) is 0 Å². The minimum Gasteiger partial charge on any atom is -0.494 e. The van der Waals surface area contributed by atoms with Crippen LogP contribution in [0.25, 0.3) is 11.3 Å². The average Bonchev–Trinajstić information content (AvgIpc) is 2.30. The molecule has 2 aromatic rings. The largest absolute Gasteiger partial charge is 0.494 e. The van der Waals surface area contributed by atoms with E-state index in [4.69, 9.17) is 10.5 Å². The summed E-state index contributed by atoms with van der Waals surface area (Å²) in [5.74, 6) is 0.656. The van der Waals surface area contributed by atoms with E-state index in [0.29, 0.717) is 11.4 Å². The lowest BCUT2D eigenvalue weighted by molar-refractivity contribution is 0.416. The molecule has 0 unspecified atom stereocenters. The molecule has 3 nitrogen and oxygen atoms in total. The smallest absolute Gasteiger partial charge is 0.145 e. The first-order chi connectivity index (χ1) is 7.33. The van der Waals surface area contributed by atoms with Crippen molar-refractivity contribution in [1.82, 2.24) is 4.98 Å². The van der Waals surface area contributed by atoms with Gasteiger partial charge in [-0.25, -0.2) is 0 Å². The van der Waals surface area contributed by atoms with Crippen LogP contribution >= 0.6 is 0 Å². The maximum absolute atomic E-state index is 5.94. The maximum Gasteiger partial charge on any atom is 0.145 e. The zero-order chi connectivity index (χ0) is 10.7. The van der Waals surface area contributed by atoms with Crippen LogP contribution < -0.4 is 10.5 Å². The molecular weight excluding hydrogens is 188 g/mol. The summed E-state index contributed by atoms with van der Waals surface area (Å²) in [6, 6.07) is 11.6. The molecule has 2 N–H and O–H groups in total. The van der Waals surface area contributed by atoms with E-state index >= 15 is 0 Å². The third kappa shape index (κ3) is 1.76. The number of methoxy groups -OCH3 is 1. The van der Waals surface area contributed by atoms with Crippen molar-refractivity contribution >= 4 is 5.69 Å². The van der Waals surface area contributed by atoms with Gasteiger partial charge in [0.05, 0.1) is 12.8 Å². The van der Waals surface area contributed by atoms with Crippen LogP contribution in [0.3, 0.4) is 0 Å². The Hall–Kier alpha value is -2.03. The third-order valence-electron chi connectivity index (χ3n) is 2.22. The molecule has 0 fully saturated rings. The van der Waals surface area contributed by atoms with Gasteiger partial charge in [-0.3, -0.25) is 4.98 Å². The van der Waals surface area contributed by atoms with Gasteiger partial charge in [0.2, 0.25) is 0 Å². The predicted octanol–water partition coefficient (Wildman–Crippen LogP) is 2.34. The highest BCUT2D eigenvalue weighted by molar-refractivity contribution is 5.76. The fraction of sp³-hybridized carbons (Fsp3) is 0.0833. The van der Waals surface area contributed by atoms with Crippen molar-refractivity contribution in [2.24, 2.45) is 0 Å². The van der Waals surface area contributed by atoms with Crippen LogP contribution in [0.4, 0.5) is 5.69 Å². The summed E-state index contributed by atoms with van der Waals surface area (Å²) in [6.45, 7) is 0.